The Morgan fingerprint density at radius 1 is 1.35 bits per heavy atom. The smallest absolute Gasteiger partial charge is 0.241 e. The molecule has 17 heavy (non-hydrogen) atoms. The first-order chi connectivity index (χ1) is 8.38. The van der Waals surface area contributed by atoms with Crippen molar-refractivity contribution in [1.82, 2.24) is 19.9 Å². The zero-order chi connectivity index (χ0) is 11.7. The first-order valence-corrected chi connectivity index (χ1v) is 5.39. The summed E-state index contributed by atoms with van der Waals surface area (Å²) in [7, 11) is 0. The van der Waals surface area contributed by atoms with Crippen LogP contribution in [0.3, 0.4) is 0 Å². The molecule has 3 rings (SSSR count). The third-order valence-corrected chi connectivity index (χ3v) is 2.71. The number of hydrogen-bond donors (Lipinski definition) is 3. The molecule has 0 unspecified atom stereocenters. The molecule has 1 fully saturated rings. The van der Waals surface area contributed by atoms with E-state index >= 15 is 0 Å². The summed E-state index contributed by atoms with van der Waals surface area (Å²) in [5, 5.41) is 0. The molecule has 0 amide bonds. The van der Waals surface area contributed by atoms with E-state index in [9.17, 15) is 0 Å². The summed E-state index contributed by atoms with van der Waals surface area (Å²) in [6.45, 7) is 3.00. The van der Waals surface area contributed by atoms with Crippen molar-refractivity contribution in [3.05, 3.63) is 6.33 Å². The van der Waals surface area contributed by atoms with Crippen LogP contribution >= 0.6 is 0 Å². The van der Waals surface area contributed by atoms with Gasteiger partial charge < -0.3 is 14.6 Å². The highest BCUT2D eigenvalue weighted by molar-refractivity contribution is 5.84. The SMILES string of the molecule is NNc1nc(N2CCOCC2)c2[nH]cnc2n1. The minimum Gasteiger partial charge on any atom is -0.378 e. The number of ether oxygens (including phenoxy) is 1. The monoisotopic (exact) mass is 235 g/mol. The third kappa shape index (κ3) is 1.77. The van der Waals surface area contributed by atoms with Crippen molar-refractivity contribution in [2.75, 3.05) is 36.6 Å². The molecule has 1 saturated heterocycles. The van der Waals surface area contributed by atoms with Gasteiger partial charge in [0.05, 0.1) is 19.5 Å². The zero-order valence-electron chi connectivity index (χ0n) is 9.18. The Hall–Kier alpha value is -1.93. The van der Waals surface area contributed by atoms with Crippen molar-refractivity contribution in [3.8, 4) is 0 Å². The average Bonchev–Trinajstić information content (AvgIpc) is 2.86. The van der Waals surface area contributed by atoms with Crippen LogP contribution in [0.15, 0.2) is 6.33 Å². The molecule has 1 aliphatic rings. The lowest BCUT2D eigenvalue weighted by molar-refractivity contribution is 0.122. The summed E-state index contributed by atoms with van der Waals surface area (Å²) in [5.74, 6) is 6.53. The summed E-state index contributed by atoms with van der Waals surface area (Å²) in [6.07, 6.45) is 1.60. The van der Waals surface area contributed by atoms with Gasteiger partial charge in [-0.2, -0.15) is 9.97 Å². The van der Waals surface area contributed by atoms with Gasteiger partial charge in [0.1, 0.15) is 5.52 Å². The molecule has 8 heteroatoms. The molecule has 2 aromatic rings. The van der Waals surface area contributed by atoms with Crippen LogP contribution in [0.5, 0.6) is 0 Å². The molecule has 1 aliphatic heterocycles. The van der Waals surface area contributed by atoms with Crippen molar-refractivity contribution >= 4 is 22.9 Å². The molecular formula is C9H13N7O. The van der Waals surface area contributed by atoms with Crippen LogP contribution < -0.4 is 16.2 Å². The first kappa shape index (κ1) is 10.2. The number of hydrogen-bond acceptors (Lipinski definition) is 7. The van der Waals surface area contributed by atoms with E-state index in [1.54, 1.807) is 6.33 Å². The highest BCUT2D eigenvalue weighted by atomic mass is 16.5. The normalized spacial score (nSPS) is 16.4. The fraction of sp³-hybridized carbons (Fsp3) is 0.444. The third-order valence-electron chi connectivity index (χ3n) is 2.71. The molecule has 4 N–H and O–H groups in total. The van der Waals surface area contributed by atoms with Crippen molar-refractivity contribution in [3.63, 3.8) is 0 Å². The van der Waals surface area contributed by atoms with Gasteiger partial charge in [-0.05, 0) is 0 Å². The second-order valence-electron chi connectivity index (χ2n) is 3.72. The highest BCUT2D eigenvalue weighted by Crippen LogP contribution is 2.22. The topological polar surface area (TPSA) is 105 Å². The molecule has 0 aromatic carbocycles. The van der Waals surface area contributed by atoms with Crippen LogP contribution in [0.2, 0.25) is 0 Å². The summed E-state index contributed by atoms with van der Waals surface area (Å²) in [6, 6.07) is 0. The van der Waals surface area contributed by atoms with Gasteiger partial charge in [-0.25, -0.2) is 10.8 Å². The number of nitrogens with zero attached hydrogens (tertiary/aromatic N) is 4. The lowest BCUT2D eigenvalue weighted by atomic mass is 10.4. The second-order valence-corrected chi connectivity index (χ2v) is 3.72. The number of fused-ring (bicyclic) bond motifs is 1. The number of imidazole rings is 1. The molecule has 8 nitrogen and oxygen atoms in total. The van der Waals surface area contributed by atoms with E-state index in [2.05, 4.69) is 30.3 Å². The molecule has 0 spiro atoms. The van der Waals surface area contributed by atoms with E-state index < -0.39 is 0 Å². The Bertz CT molecular complexity index is 519. The van der Waals surface area contributed by atoms with Crippen LogP contribution in [0.1, 0.15) is 0 Å². The quantitative estimate of drug-likeness (QED) is 0.475. The molecule has 0 atom stereocenters. The van der Waals surface area contributed by atoms with Gasteiger partial charge in [-0.3, -0.25) is 5.43 Å². The summed E-state index contributed by atoms with van der Waals surface area (Å²) in [4.78, 5) is 17.8. The van der Waals surface area contributed by atoms with Crippen molar-refractivity contribution < 1.29 is 4.74 Å². The Morgan fingerprint density at radius 2 is 2.18 bits per heavy atom. The fourth-order valence-corrected chi connectivity index (χ4v) is 1.89. The van der Waals surface area contributed by atoms with E-state index in [1.165, 1.54) is 0 Å². The van der Waals surface area contributed by atoms with E-state index in [4.69, 9.17) is 10.6 Å². The van der Waals surface area contributed by atoms with Gasteiger partial charge in [0.15, 0.2) is 11.5 Å². The Labute approximate surface area is 97.2 Å². The number of nitrogen functional groups attached to an aromatic ring is 1. The lowest BCUT2D eigenvalue weighted by Crippen LogP contribution is -2.37. The molecule has 0 radical (unpaired) electrons. The van der Waals surface area contributed by atoms with Crippen molar-refractivity contribution in [2.45, 2.75) is 0 Å². The summed E-state index contributed by atoms with van der Waals surface area (Å²) < 4.78 is 5.32. The maximum atomic E-state index is 5.35. The largest absolute Gasteiger partial charge is 0.378 e. The predicted octanol–water partition coefficient (Wildman–Crippen LogP) is -0.525. The highest BCUT2D eigenvalue weighted by Gasteiger charge is 2.18. The first-order valence-electron chi connectivity index (χ1n) is 5.39. The van der Waals surface area contributed by atoms with Gasteiger partial charge in [0, 0.05) is 13.1 Å². The molecule has 90 valence electrons. The Morgan fingerprint density at radius 3 is 2.94 bits per heavy atom. The van der Waals surface area contributed by atoms with E-state index in [0.29, 0.717) is 24.8 Å². The maximum Gasteiger partial charge on any atom is 0.241 e. The number of anilines is 2. The number of aromatic nitrogens is 4. The standard InChI is InChI=1S/C9H13N7O/c10-15-9-13-7-6(11-5-12-7)8(14-9)16-1-3-17-4-2-16/h5H,1-4,10H2,(H2,11,12,13,14,15). The number of aromatic amines is 1. The fourth-order valence-electron chi connectivity index (χ4n) is 1.89. The van der Waals surface area contributed by atoms with Crippen molar-refractivity contribution in [2.24, 2.45) is 5.84 Å². The maximum absolute atomic E-state index is 5.35. The second kappa shape index (κ2) is 4.15. The van der Waals surface area contributed by atoms with Crippen LogP contribution in [0.4, 0.5) is 11.8 Å². The van der Waals surface area contributed by atoms with Gasteiger partial charge in [0.2, 0.25) is 5.95 Å². The van der Waals surface area contributed by atoms with E-state index in [0.717, 1.165) is 24.4 Å². The Kier molecular flexibility index (Phi) is 2.50. The van der Waals surface area contributed by atoms with Crippen LogP contribution in [0.25, 0.3) is 11.2 Å². The molecule has 2 aromatic heterocycles. The zero-order valence-corrected chi connectivity index (χ0v) is 9.18. The van der Waals surface area contributed by atoms with Crippen LogP contribution in [0, 0.1) is 0 Å². The molecule has 0 aliphatic carbocycles. The Balaban J connectivity index is 2.08. The number of nitrogens with one attached hydrogen (secondary N) is 2. The summed E-state index contributed by atoms with van der Waals surface area (Å²) >= 11 is 0. The summed E-state index contributed by atoms with van der Waals surface area (Å²) in [5.41, 5.74) is 3.89. The molecular weight excluding hydrogens is 222 g/mol. The number of morpholine rings is 1. The molecule has 0 bridgehead atoms. The lowest BCUT2D eigenvalue weighted by Gasteiger charge is -2.28. The number of hydrazine groups is 1. The molecule has 0 saturated carbocycles. The molecule has 3 heterocycles. The number of H-pyrrole nitrogens is 1. The van der Waals surface area contributed by atoms with Gasteiger partial charge in [0.25, 0.3) is 0 Å². The van der Waals surface area contributed by atoms with Gasteiger partial charge in [-0.15, -0.1) is 0 Å². The minimum absolute atomic E-state index is 0.367. The van der Waals surface area contributed by atoms with E-state index in [1.807, 2.05) is 0 Å². The van der Waals surface area contributed by atoms with Crippen molar-refractivity contribution in [1.29, 1.82) is 0 Å². The predicted molar refractivity (Wildman–Crippen MR) is 62.5 cm³/mol. The van der Waals surface area contributed by atoms with Crippen LogP contribution in [-0.2, 0) is 4.74 Å². The van der Waals surface area contributed by atoms with Gasteiger partial charge >= 0.3 is 0 Å². The van der Waals surface area contributed by atoms with Crippen LogP contribution in [-0.4, -0.2) is 46.2 Å². The number of nitrogens with two attached hydrogens (primary N) is 1. The number of rotatable bonds is 2. The van der Waals surface area contributed by atoms with E-state index in [-0.39, 0.29) is 0 Å². The van der Waals surface area contributed by atoms with Gasteiger partial charge in [-0.1, -0.05) is 0 Å². The minimum atomic E-state index is 0.367. The average molecular weight is 235 g/mol.